The smallest absolute Gasteiger partial charge is 0.155 e. The minimum Gasteiger partial charge on any atom is -0.455 e. The molecule has 8 rings (SSSR count). The first-order valence-electron chi connectivity index (χ1n) is 16.0. The molecule has 8 aromatic rings. The number of aliphatic imine (C=N–C) groups is 2. The predicted octanol–water partition coefficient (Wildman–Crippen LogP) is 11.5. The highest BCUT2D eigenvalue weighted by molar-refractivity contribution is 6.26. The van der Waals surface area contributed by atoms with Crippen LogP contribution in [0.2, 0.25) is 0 Å². The first kappa shape index (κ1) is 28.4. The fourth-order valence-corrected chi connectivity index (χ4v) is 6.39. The minimum atomic E-state index is 0.534. The van der Waals surface area contributed by atoms with Crippen molar-refractivity contribution in [1.82, 2.24) is 0 Å². The van der Waals surface area contributed by atoms with Gasteiger partial charge in [0, 0.05) is 21.9 Å². The van der Waals surface area contributed by atoms with Crippen LogP contribution in [0.4, 0.5) is 0 Å². The zero-order valence-electron chi connectivity index (χ0n) is 26.1. The van der Waals surface area contributed by atoms with Crippen molar-refractivity contribution in [2.24, 2.45) is 9.98 Å². The van der Waals surface area contributed by atoms with Crippen molar-refractivity contribution in [2.45, 2.75) is 13.5 Å². The van der Waals surface area contributed by atoms with Crippen molar-refractivity contribution in [2.75, 3.05) is 0 Å². The van der Waals surface area contributed by atoms with Gasteiger partial charge in [-0.3, -0.25) is 4.99 Å². The van der Waals surface area contributed by atoms with E-state index in [0.717, 1.165) is 61.0 Å². The molecule has 0 aliphatic rings. The largest absolute Gasteiger partial charge is 0.455 e. The summed E-state index contributed by atoms with van der Waals surface area (Å²) >= 11 is 0. The molecule has 0 unspecified atom stereocenters. The normalized spacial score (nSPS) is 12.3. The van der Waals surface area contributed by atoms with Gasteiger partial charge in [-0.1, -0.05) is 152 Å². The third-order valence-electron chi connectivity index (χ3n) is 8.76. The van der Waals surface area contributed by atoms with Crippen LogP contribution in [-0.4, -0.2) is 11.5 Å². The zero-order chi connectivity index (χ0) is 31.6. The Balaban J connectivity index is 1.30. The van der Waals surface area contributed by atoms with Gasteiger partial charge >= 0.3 is 0 Å². The molecule has 0 fully saturated rings. The molecule has 0 amide bonds. The lowest BCUT2D eigenvalue weighted by molar-refractivity contribution is 0.668. The zero-order valence-corrected chi connectivity index (χ0v) is 26.1. The van der Waals surface area contributed by atoms with Gasteiger partial charge in [-0.05, 0) is 57.6 Å². The Morgan fingerprint density at radius 3 is 1.94 bits per heavy atom. The van der Waals surface area contributed by atoms with Crippen molar-refractivity contribution in [3.05, 3.63) is 180 Å². The highest BCUT2D eigenvalue weighted by atomic mass is 16.3. The molecule has 0 N–H and O–H groups in total. The number of hydrogen-bond acceptors (Lipinski definition) is 2. The van der Waals surface area contributed by atoms with Gasteiger partial charge in [-0.2, -0.15) is 0 Å². The molecule has 0 aliphatic heterocycles. The molecule has 3 nitrogen and oxygen atoms in total. The molecule has 0 aliphatic carbocycles. The maximum absolute atomic E-state index is 6.74. The summed E-state index contributed by atoms with van der Waals surface area (Å²) in [6, 6.07) is 56.9. The molecule has 0 radical (unpaired) electrons. The molecular formula is C44H32N2O. The third-order valence-corrected chi connectivity index (χ3v) is 8.76. The summed E-state index contributed by atoms with van der Waals surface area (Å²) in [4.78, 5) is 10.3. The van der Waals surface area contributed by atoms with Crippen molar-refractivity contribution in [3.63, 3.8) is 0 Å². The molecule has 0 saturated carbocycles. The van der Waals surface area contributed by atoms with Crippen molar-refractivity contribution >= 4 is 44.3 Å². The maximum Gasteiger partial charge on any atom is 0.155 e. The molecule has 3 heteroatoms. The van der Waals surface area contributed by atoms with Crippen LogP contribution >= 0.6 is 0 Å². The van der Waals surface area contributed by atoms with E-state index in [4.69, 9.17) is 14.4 Å². The van der Waals surface area contributed by atoms with Crippen molar-refractivity contribution in [1.29, 1.82) is 0 Å². The molecule has 0 atom stereocenters. The second-order valence-electron chi connectivity index (χ2n) is 11.8. The Bertz CT molecular complexity index is 2400. The summed E-state index contributed by atoms with van der Waals surface area (Å²) in [5, 5.41) is 4.59. The number of amidine groups is 1. The van der Waals surface area contributed by atoms with Crippen LogP contribution in [0.1, 0.15) is 23.6 Å². The Morgan fingerprint density at radius 2 is 1.19 bits per heavy atom. The Morgan fingerprint density at radius 1 is 0.553 bits per heavy atom. The van der Waals surface area contributed by atoms with Crippen LogP contribution < -0.4 is 0 Å². The van der Waals surface area contributed by atoms with E-state index in [1.165, 1.54) is 16.3 Å². The molecule has 7 aromatic carbocycles. The van der Waals surface area contributed by atoms with Gasteiger partial charge in [-0.25, -0.2) is 4.99 Å². The molecule has 224 valence electrons. The summed E-state index contributed by atoms with van der Waals surface area (Å²) in [7, 11) is 0. The number of hydrogen-bond donors (Lipinski definition) is 0. The van der Waals surface area contributed by atoms with Crippen LogP contribution in [0.5, 0.6) is 0 Å². The van der Waals surface area contributed by atoms with E-state index < -0.39 is 0 Å². The van der Waals surface area contributed by atoms with Gasteiger partial charge in [0.25, 0.3) is 0 Å². The van der Waals surface area contributed by atoms with E-state index in [1.807, 2.05) is 24.3 Å². The fourth-order valence-electron chi connectivity index (χ4n) is 6.39. The molecule has 1 heterocycles. The second kappa shape index (κ2) is 12.4. The Hall–Kier alpha value is -6.06. The second-order valence-corrected chi connectivity index (χ2v) is 11.8. The van der Waals surface area contributed by atoms with Crippen LogP contribution in [0, 0.1) is 0 Å². The number of benzene rings is 7. The lowest BCUT2D eigenvalue weighted by atomic mass is 9.94. The van der Waals surface area contributed by atoms with E-state index in [-0.39, 0.29) is 0 Å². The van der Waals surface area contributed by atoms with Crippen LogP contribution in [0.15, 0.2) is 178 Å². The summed E-state index contributed by atoms with van der Waals surface area (Å²) in [6.45, 7) is 2.59. The highest BCUT2D eigenvalue weighted by Crippen LogP contribution is 2.41. The highest BCUT2D eigenvalue weighted by Gasteiger charge is 2.20. The molecule has 47 heavy (non-hydrogen) atoms. The van der Waals surface area contributed by atoms with E-state index in [9.17, 15) is 0 Å². The monoisotopic (exact) mass is 604 g/mol. The minimum absolute atomic E-state index is 0.534. The predicted molar refractivity (Wildman–Crippen MR) is 197 cm³/mol. The Labute approximate surface area is 274 Å². The summed E-state index contributed by atoms with van der Waals surface area (Å²) in [6.07, 6.45) is 0. The number of furan rings is 1. The quantitative estimate of drug-likeness (QED) is 0.137. The van der Waals surface area contributed by atoms with Gasteiger partial charge in [-0.15, -0.1) is 0 Å². The molecule has 0 spiro atoms. The van der Waals surface area contributed by atoms with Crippen LogP contribution in [0.3, 0.4) is 0 Å². The van der Waals surface area contributed by atoms with Gasteiger partial charge in [0.05, 0.1) is 12.3 Å². The first-order chi connectivity index (χ1) is 23.2. The summed E-state index contributed by atoms with van der Waals surface area (Å²) in [5.74, 6) is 0.688. The van der Waals surface area contributed by atoms with E-state index in [2.05, 4.69) is 146 Å². The summed E-state index contributed by atoms with van der Waals surface area (Å²) < 4.78 is 6.74. The molecule has 1 aromatic heterocycles. The summed E-state index contributed by atoms with van der Waals surface area (Å²) in [5.41, 5.74) is 10.2. The van der Waals surface area contributed by atoms with E-state index >= 15 is 0 Å². The first-order valence-corrected chi connectivity index (χ1v) is 16.0. The third kappa shape index (κ3) is 5.53. The van der Waals surface area contributed by atoms with Gasteiger partial charge < -0.3 is 4.42 Å². The lowest BCUT2D eigenvalue weighted by Gasteiger charge is -2.10. The number of nitrogens with zero attached hydrogens (tertiary/aromatic N) is 2. The molecule has 0 bridgehead atoms. The average molecular weight is 605 g/mol. The average Bonchev–Trinajstić information content (AvgIpc) is 3.54. The number of fused-ring (bicyclic) bond motifs is 5. The van der Waals surface area contributed by atoms with Gasteiger partial charge in [0.2, 0.25) is 0 Å². The fraction of sp³-hybridized carbons (Fsp3) is 0.0455. The van der Waals surface area contributed by atoms with Gasteiger partial charge in [0.15, 0.2) is 5.84 Å². The van der Waals surface area contributed by atoms with Crippen molar-refractivity contribution < 1.29 is 4.42 Å². The topological polar surface area (TPSA) is 37.9 Å². The van der Waals surface area contributed by atoms with Crippen molar-refractivity contribution in [3.8, 4) is 22.3 Å². The number of rotatable bonds is 6. The van der Waals surface area contributed by atoms with Crippen LogP contribution in [0.25, 0.3) is 55.0 Å². The standard InChI is InChI=1S/C44H32N2O/c1-30(46-44(45-29-31-13-5-2-6-14-31)36-23-21-33(22-24-36)32-15-7-3-8-16-32)37-26-27-39(34-17-9-4-10-18-34)42-41-38-20-12-11-19-35(38)25-28-40(41)47-43(37)42/h2-28H,29H2,1H3/b45-44-,46-30+. The lowest BCUT2D eigenvalue weighted by Crippen LogP contribution is -2.05. The molecule has 0 saturated heterocycles. The maximum atomic E-state index is 6.74. The van der Waals surface area contributed by atoms with E-state index in [1.54, 1.807) is 0 Å². The van der Waals surface area contributed by atoms with Gasteiger partial charge in [0.1, 0.15) is 11.2 Å². The Kier molecular flexibility index (Phi) is 7.49. The van der Waals surface area contributed by atoms with E-state index in [0.29, 0.717) is 12.4 Å². The van der Waals surface area contributed by atoms with Crippen LogP contribution in [-0.2, 0) is 6.54 Å². The molecular weight excluding hydrogens is 572 g/mol. The SMILES string of the molecule is C/C(=N\C(=N/Cc1ccccc1)c1ccc(-c2ccccc2)cc1)c1ccc(-c2ccccc2)c2c1oc1ccc3ccccc3c12.